The lowest BCUT2D eigenvalue weighted by Crippen LogP contribution is -2.21. The number of nitro benzene ring substituents is 1. The summed E-state index contributed by atoms with van der Waals surface area (Å²) in [5.74, 6) is 0.0913. The van der Waals surface area contributed by atoms with Crippen LogP contribution in [0.5, 0.6) is 5.75 Å². The average Bonchev–Trinajstić information content (AvgIpc) is 2.38. The fraction of sp³-hybridized carbons (Fsp3) is 0.417. The lowest BCUT2D eigenvalue weighted by Gasteiger charge is -2.10. The van der Waals surface area contributed by atoms with Crippen molar-refractivity contribution in [1.29, 1.82) is 0 Å². The number of ether oxygens (including phenoxy) is 1. The molecule has 1 rings (SSSR count). The highest BCUT2D eigenvalue weighted by Gasteiger charge is 2.20. The zero-order chi connectivity index (χ0) is 14.3. The molecule has 0 aromatic heterocycles. The summed E-state index contributed by atoms with van der Waals surface area (Å²) >= 11 is 0. The molecule has 19 heavy (non-hydrogen) atoms. The van der Waals surface area contributed by atoms with E-state index in [4.69, 9.17) is 4.74 Å². The summed E-state index contributed by atoms with van der Waals surface area (Å²) in [5, 5.41) is 16.4. The number of anilines is 1. The van der Waals surface area contributed by atoms with Gasteiger partial charge in [0.15, 0.2) is 5.75 Å². The monoisotopic (exact) mass is 267 g/mol. The Bertz CT molecular complexity index is 462. The van der Waals surface area contributed by atoms with Gasteiger partial charge in [-0.25, -0.2) is 0 Å². The second-order valence-corrected chi connectivity index (χ2v) is 3.69. The number of rotatable bonds is 7. The molecule has 0 heterocycles. The summed E-state index contributed by atoms with van der Waals surface area (Å²) in [6.07, 6.45) is 0.243. The van der Waals surface area contributed by atoms with E-state index in [1.54, 1.807) is 32.2 Å². The molecule has 0 fully saturated rings. The van der Waals surface area contributed by atoms with Crippen LogP contribution < -0.4 is 15.4 Å². The minimum atomic E-state index is -0.493. The number of nitro groups is 1. The number of para-hydroxylation sites is 1. The molecule has 0 bridgehead atoms. The van der Waals surface area contributed by atoms with Gasteiger partial charge < -0.3 is 15.4 Å². The van der Waals surface area contributed by atoms with Crippen molar-refractivity contribution < 1.29 is 14.5 Å². The Morgan fingerprint density at radius 1 is 1.47 bits per heavy atom. The number of hydrogen-bond donors (Lipinski definition) is 2. The van der Waals surface area contributed by atoms with Gasteiger partial charge in [-0.1, -0.05) is 6.07 Å². The van der Waals surface area contributed by atoms with Crippen LogP contribution in [0.15, 0.2) is 18.2 Å². The molecule has 0 atom stereocenters. The van der Waals surface area contributed by atoms with Crippen LogP contribution in [0.4, 0.5) is 11.4 Å². The van der Waals surface area contributed by atoms with E-state index in [1.807, 2.05) is 0 Å². The Balaban J connectivity index is 2.84. The Labute approximate surface area is 111 Å². The van der Waals surface area contributed by atoms with E-state index < -0.39 is 4.92 Å². The lowest BCUT2D eigenvalue weighted by atomic mass is 10.2. The summed E-state index contributed by atoms with van der Waals surface area (Å²) in [7, 11) is 1.54. The van der Waals surface area contributed by atoms with Gasteiger partial charge in [-0.15, -0.1) is 0 Å². The second kappa shape index (κ2) is 7.20. The Morgan fingerprint density at radius 2 is 2.21 bits per heavy atom. The first-order valence-electron chi connectivity index (χ1n) is 5.94. The number of hydrogen-bond acceptors (Lipinski definition) is 5. The molecule has 0 unspecified atom stereocenters. The largest absolute Gasteiger partial charge is 0.487 e. The lowest BCUT2D eigenvalue weighted by molar-refractivity contribution is -0.384. The van der Waals surface area contributed by atoms with Crippen LogP contribution in [0.2, 0.25) is 0 Å². The molecule has 1 amide bonds. The highest BCUT2D eigenvalue weighted by atomic mass is 16.6. The van der Waals surface area contributed by atoms with Crippen LogP contribution in [0.25, 0.3) is 0 Å². The molecular weight excluding hydrogens is 250 g/mol. The zero-order valence-electron chi connectivity index (χ0n) is 10.9. The van der Waals surface area contributed by atoms with Crippen LogP contribution in [0, 0.1) is 10.1 Å². The van der Waals surface area contributed by atoms with Gasteiger partial charge in [0.1, 0.15) is 5.69 Å². The molecule has 0 aliphatic carbocycles. The van der Waals surface area contributed by atoms with Gasteiger partial charge in [0.25, 0.3) is 0 Å². The number of carbonyl (C=O) groups is 1. The topological polar surface area (TPSA) is 93.5 Å². The molecule has 7 heteroatoms. The fourth-order valence-corrected chi connectivity index (χ4v) is 1.56. The van der Waals surface area contributed by atoms with Gasteiger partial charge >= 0.3 is 5.69 Å². The number of nitrogens with zero attached hydrogens (tertiary/aromatic N) is 1. The van der Waals surface area contributed by atoms with Crippen LogP contribution in [-0.4, -0.2) is 31.0 Å². The SMILES string of the molecule is CCOc1cccc(NCCC(=O)NC)c1[N+](=O)[O-]. The van der Waals surface area contributed by atoms with E-state index >= 15 is 0 Å². The van der Waals surface area contributed by atoms with E-state index in [2.05, 4.69) is 10.6 Å². The van der Waals surface area contributed by atoms with Crippen molar-refractivity contribution in [3.8, 4) is 5.75 Å². The molecule has 1 aromatic carbocycles. The second-order valence-electron chi connectivity index (χ2n) is 3.69. The van der Waals surface area contributed by atoms with Gasteiger partial charge in [-0.2, -0.15) is 0 Å². The molecule has 0 saturated carbocycles. The van der Waals surface area contributed by atoms with E-state index in [9.17, 15) is 14.9 Å². The number of amides is 1. The molecule has 2 N–H and O–H groups in total. The number of carbonyl (C=O) groups excluding carboxylic acids is 1. The average molecular weight is 267 g/mol. The van der Waals surface area contributed by atoms with E-state index in [1.165, 1.54) is 0 Å². The third-order valence-corrected chi connectivity index (χ3v) is 2.43. The van der Waals surface area contributed by atoms with Gasteiger partial charge in [-0.3, -0.25) is 14.9 Å². The van der Waals surface area contributed by atoms with Crippen molar-refractivity contribution in [2.75, 3.05) is 25.5 Å². The Kier molecular flexibility index (Phi) is 5.59. The van der Waals surface area contributed by atoms with Crippen LogP contribution >= 0.6 is 0 Å². The minimum absolute atomic E-state index is 0.110. The molecule has 0 aliphatic rings. The third kappa shape index (κ3) is 4.13. The predicted octanol–water partition coefficient (Wildman–Crippen LogP) is 1.54. The maximum Gasteiger partial charge on any atom is 0.333 e. The number of nitrogens with one attached hydrogen (secondary N) is 2. The normalized spacial score (nSPS) is 9.79. The van der Waals surface area contributed by atoms with Crippen LogP contribution in [0.3, 0.4) is 0 Å². The summed E-state index contributed by atoms with van der Waals surface area (Å²) in [6, 6.07) is 4.80. The van der Waals surface area contributed by atoms with Crippen molar-refractivity contribution in [3.63, 3.8) is 0 Å². The quantitative estimate of drug-likeness (QED) is 0.577. The van der Waals surface area contributed by atoms with Gasteiger partial charge in [0.05, 0.1) is 11.5 Å². The first-order valence-corrected chi connectivity index (χ1v) is 5.94. The molecule has 0 radical (unpaired) electrons. The summed E-state index contributed by atoms with van der Waals surface area (Å²) in [6.45, 7) is 2.42. The van der Waals surface area contributed by atoms with E-state index in [0.29, 0.717) is 18.8 Å². The fourth-order valence-electron chi connectivity index (χ4n) is 1.56. The zero-order valence-corrected chi connectivity index (χ0v) is 10.9. The molecule has 0 aliphatic heterocycles. The third-order valence-electron chi connectivity index (χ3n) is 2.43. The minimum Gasteiger partial charge on any atom is -0.487 e. The maximum atomic E-state index is 11.1. The van der Waals surface area contributed by atoms with E-state index in [0.717, 1.165) is 0 Å². The summed E-state index contributed by atoms with van der Waals surface area (Å²) in [4.78, 5) is 21.7. The van der Waals surface area contributed by atoms with Gasteiger partial charge in [0.2, 0.25) is 5.91 Å². The highest BCUT2D eigenvalue weighted by Crippen LogP contribution is 2.34. The van der Waals surface area contributed by atoms with Crippen molar-refractivity contribution >= 4 is 17.3 Å². The van der Waals surface area contributed by atoms with Crippen molar-refractivity contribution in [1.82, 2.24) is 5.32 Å². The molecular formula is C12H17N3O4. The Hall–Kier alpha value is -2.31. The Morgan fingerprint density at radius 3 is 2.79 bits per heavy atom. The summed E-state index contributed by atoms with van der Waals surface area (Å²) < 4.78 is 5.23. The molecule has 1 aromatic rings. The molecule has 7 nitrogen and oxygen atoms in total. The first-order chi connectivity index (χ1) is 9.10. The summed E-state index contributed by atoms with van der Waals surface area (Å²) in [5.41, 5.74) is 0.237. The predicted molar refractivity (Wildman–Crippen MR) is 71.4 cm³/mol. The standard InChI is InChI=1S/C12H17N3O4/c1-3-19-10-6-4-5-9(12(10)15(17)18)14-8-7-11(16)13-2/h4-6,14H,3,7-8H2,1-2H3,(H,13,16). The van der Waals surface area contributed by atoms with Crippen LogP contribution in [0.1, 0.15) is 13.3 Å². The van der Waals surface area contributed by atoms with Gasteiger partial charge in [0, 0.05) is 20.0 Å². The van der Waals surface area contributed by atoms with Crippen LogP contribution in [-0.2, 0) is 4.79 Å². The number of benzene rings is 1. The smallest absolute Gasteiger partial charge is 0.333 e. The van der Waals surface area contributed by atoms with Crippen molar-refractivity contribution in [3.05, 3.63) is 28.3 Å². The molecule has 0 spiro atoms. The van der Waals surface area contributed by atoms with Crippen molar-refractivity contribution in [2.45, 2.75) is 13.3 Å². The molecule has 0 saturated heterocycles. The van der Waals surface area contributed by atoms with Gasteiger partial charge in [-0.05, 0) is 19.1 Å². The first kappa shape index (κ1) is 14.7. The highest BCUT2D eigenvalue weighted by molar-refractivity contribution is 5.76. The molecule has 104 valence electrons. The van der Waals surface area contributed by atoms with Crippen molar-refractivity contribution in [2.24, 2.45) is 0 Å². The maximum absolute atomic E-state index is 11.1. The van der Waals surface area contributed by atoms with E-state index in [-0.39, 0.29) is 23.8 Å².